The molecule has 0 bridgehead atoms. The number of methoxy groups -OCH3 is 1. The van der Waals surface area contributed by atoms with E-state index in [9.17, 15) is 9.59 Å². The first-order chi connectivity index (χ1) is 16.0. The fourth-order valence-corrected chi connectivity index (χ4v) is 4.96. The number of carbonyl (C=O) groups excluding carboxylic acids is 2. The maximum Gasteiger partial charge on any atom is 0.258 e. The summed E-state index contributed by atoms with van der Waals surface area (Å²) in [5, 5.41) is 0.742. The number of carbonyl (C=O) groups is 2. The third-order valence-corrected chi connectivity index (χ3v) is 6.72. The van der Waals surface area contributed by atoms with E-state index in [1.165, 1.54) is 0 Å². The number of fused-ring (bicyclic) bond motifs is 1. The van der Waals surface area contributed by atoms with Crippen LogP contribution >= 0.6 is 0 Å². The summed E-state index contributed by atoms with van der Waals surface area (Å²) in [6.07, 6.45) is 5.35. The highest BCUT2D eigenvalue weighted by Gasteiger charge is 2.35. The molecule has 0 saturated carbocycles. The van der Waals surface area contributed by atoms with Crippen molar-refractivity contribution in [3.8, 4) is 5.75 Å². The Morgan fingerprint density at radius 2 is 1.88 bits per heavy atom. The van der Waals surface area contributed by atoms with E-state index in [1.807, 2.05) is 41.8 Å². The van der Waals surface area contributed by atoms with Gasteiger partial charge < -0.3 is 19.0 Å². The van der Waals surface area contributed by atoms with Gasteiger partial charge in [-0.3, -0.25) is 9.59 Å². The first kappa shape index (κ1) is 21.4. The smallest absolute Gasteiger partial charge is 0.258 e. The Kier molecular flexibility index (Phi) is 5.52. The molecule has 3 aromatic rings. The summed E-state index contributed by atoms with van der Waals surface area (Å²) < 4.78 is 11.2. The monoisotopic (exact) mass is 448 g/mol. The molecule has 2 aromatic heterocycles. The lowest BCUT2D eigenvalue weighted by molar-refractivity contribution is 0.0726. The average molecular weight is 449 g/mol. The maximum atomic E-state index is 13.7. The van der Waals surface area contributed by atoms with Crippen molar-refractivity contribution < 1.29 is 18.7 Å². The lowest BCUT2D eigenvalue weighted by Crippen LogP contribution is -2.32. The Labute approximate surface area is 192 Å². The summed E-state index contributed by atoms with van der Waals surface area (Å²) in [5.74, 6) is 1.73. The number of benzene rings is 1. The van der Waals surface area contributed by atoms with Gasteiger partial charge in [-0.25, -0.2) is 9.97 Å². The molecule has 33 heavy (non-hydrogen) atoms. The standard InChI is InChI=1S/C25H28N4O4/c1-15-19(24(30)28-10-4-5-11-28)14-26-23(27-15)20-7-6-12-29(20)25(31)22-16(2)33-21-9-8-17(32-3)13-18(21)22/h8-9,13-14,20H,4-7,10-12H2,1-3H3/t20-/m0/s1. The zero-order valence-electron chi connectivity index (χ0n) is 19.3. The van der Waals surface area contributed by atoms with E-state index >= 15 is 0 Å². The molecule has 1 atom stereocenters. The fourth-order valence-electron chi connectivity index (χ4n) is 4.96. The highest BCUT2D eigenvalue weighted by molar-refractivity contribution is 6.07. The fraction of sp³-hybridized carbons (Fsp3) is 0.440. The van der Waals surface area contributed by atoms with Crippen LogP contribution in [-0.4, -0.2) is 58.3 Å². The predicted molar refractivity (Wildman–Crippen MR) is 122 cm³/mol. The highest BCUT2D eigenvalue weighted by Crippen LogP contribution is 2.36. The van der Waals surface area contributed by atoms with Crippen molar-refractivity contribution in [1.82, 2.24) is 19.8 Å². The number of hydrogen-bond acceptors (Lipinski definition) is 6. The Morgan fingerprint density at radius 1 is 1.09 bits per heavy atom. The third-order valence-electron chi connectivity index (χ3n) is 6.72. The van der Waals surface area contributed by atoms with Crippen LogP contribution in [0.2, 0.25) is 0 Å². The van der Waals surface area contributed by atoms with E-state index in [4.69, 9.17) is 9.15 Å². The molecule has 2 amide bonds. The van der Waals surface area contributed by atoms with Crippen molar-refractivity contribution >= 4 is 22.8 Å². The summed E-state index contributed by atoms with van der Waals surface area (Å²) in [6.45, 7) is 5.84. The van der Waals surface area contributed by atoms with Gasteiger partial charge >= 0.3 is 0 Å². The number of likely N-dealkylation sites (tertiary alicyclic amines) is 2. The van der Waals surface area contributed by atoms with Crippen molar-refractivity contribution in [2.75, 3.05) is 26.7 Å². The first-order valence-corrected chi connectivity index (χ1v) is 11.5. The molecule has 8 nitrogen and oxygen atoms in total. The van der Waals surface area contributed by atoms with Gasteiger partial charge in [0.15, 0.2) is 5.82 Å². The molecule has 0 unspecified atom stereocenters. The van der Waals surface area contributed by atoms with E-state index < -0.39 is 0 Å². The zero-order valence-corrected chi connectivity index (χ0v) is 19.3. The Hall–Kier alpha value is -3.42. The SMILES string of the molecule is COc1ccc2oc(C)c(C(=O)N3CCC[C@H]3c3ncc(C(=O)N4CCCC4)c(C)n3)c2c1. The number of nitrogens with zero attached hydrogens (tertiary/aromatic N) is 4. The maximum absolute atomic E-state index is 13.7. The first-order valence-electron chi connectivity index (χ1n) is 11.5. The van der Waals surface area contributed by atoms with Gasteiger partial charge in [0.25, 0.3) is 11.8 Å². The van der Waals surface area contributed by atoms with Gasteiger partial charge in [0.1, 0.15) is 17.1 Å². The normalized spacial score (nSPS) is 18.3. The Balaban J connectivity index is 1.44. The number of aryl methyl sites for hydroxylation is 2. The van der Waals surface area contributed by atoms with E-state index in [-0.39, 0.29) is 17.9 Å². The van der Waals surface area contributed by atoms with E-state index in [0.29, 0.717) is 46.3 Å². The van der Waals surface area contributed by atoms with Gasteiger partial charge in [-0.1, -0.05) is 0 Å². The van der Waals surface area contributed by atoms with Crippen LogP contribution in [0.1, 0.15) is 69.7 Å². The molecule has 2 saturated heterocycles. The van der Waals surface area contributed by atoms with Gasteiger partial charge in [0, 0.05) is 31.2 Å². The van der Waals surface area contributed by atoms with Crippen LogP contribution in [0.25, 0.3) is 11.0 Å². The van der Waals surface area contributed by atoms with Crippen molar-refractivity contribution in [2.24, 2.45) is 0 Å². The molecule has 5 rings (SSSR count). The number of hydrogen-bond donors (Lipinski definition) is 0. The molecule has 8 heteroatoms. The molecule has 0 spiro atoms. The summed E-state index contributed by atoms with van der Waals surface area (Å²) in [6, 6.07) is 5.24. The minimum atomic E-state index is -0.234. The van der Waals surface area contributed by atoms with Crippen LogP contribution in [0.4, 0.5) is 0 Å². The number of ether oxygens (including phenoxy) is 1. The summed E-state index contributed by atoms with van der Waals surface area (Å²) in [5.41, 5.74) is 2.41. The number of aromatic nitrogens is 2. The molecule has 0 radical (unpaired) electrons. The molecular formula is C25H28N4O4. The topological polar surface area (TPSA) is 88.8 Å². The second-order valence-corrected chi connectivity index (χ2v) is 8.78. The second kappa shape index (κ2) is 8.50. The van der Waals surface area contributed by atoms with Crippen molar-refractivity contribution in [3.05, 3.63) is 52.8 Å². The summed E-state index contributed by atoms with van der Waals surface area (Å²) >= 11 is 0. The third kappa shape index (κ3) is 3.73. The molecule has 0 N–H and O–H groups in total. The van der Waals surface area contributed by atoms with Gasteiger partial charge in [0.05, 0.1) is 30.0 Å². The van der Waals surface area contributed by atoms with Gasteiger partial charge in [0.2, 0.25) is 0 Å². The molecule has 0 aliphatic carbocycles. The number of rotatable bonds is 4. The van der Waals surface area contributed by atoms with Crippen LogP contribution in [0, 0.1) is 13.8 Å². The van der Waals surface area contributed by atoms with Crippen LogP contribution in [0.3, 0.4) is 0 Å². The summed E-state index contributed by atoms with van der Waals surface area (Å²) in [4.78, 5) is 39.4. The molecular weight excluding hydrogens is 420 g/mol. The zero-order chi connectivity index (χ0) is 23.1. The molecule has 2 aliphatic rings. The Bertz CT molecular complexity index is 1230. The van der Waals surface area contributed by atoms with Gasteiger partial charge in [-0.15, -0.1) is 0 Å². The van der Waals surface area contributed by atoms with Gasteiger partial charge in [-0.05, 0) is 57.7 Å². The highest BCUT2D eigenvalue weighted by atomic mass is 16.5. The van der Waals surface area contributed by atoms with Crippen LogP contribution in [0.15, 0.2) is 28.8 Å². The average Bonchev–Trinajstić information content (AvgIpc) is 3.57. The van der Waals surface area contributed by atoms with Gasteiger partial charge in [-0.2, -0.15) is 0 Å². The van der Waals surface area contributed by atoms with Crippen LogP contribution in [0.5, 0.6) is 5.75 Å². The lowest BCUT2D eigenvalue weighted by Gasteiger charge is -2.24. The molecule has 2 aliphatic heterocycles. The van der Waals surface area contributed by atoms with E-state index in [1.54, 1.807) is 13.3 Å². The predicted octanol–water partition coefficient (Wildman–Crippen LogP) is 4.06. The van der Waals surface area contributed by atoms with Crippen LogP contribution < -0.4 is 4.74 Å². The molecule has 4 heterocycles. The van der Waals surface area contributed by atoms with Crippen LogP contribution in [-0.2, 0) is 0 Å². The largest absolute Gasteiger partial charge is 0.497 e. The lowest BCUT2D eigenvalue weighted by atomic mass is 10.1. The number of furan rings is 1. The molecule has 172 valence electrons. The van der Waals surface area contributed by atoms with E-state index in [2.05, 4.69) is 9.97 Å². The minimum Gasteiger partial charge on any atom is -0.497 e. The quantitative estimate of drug-likeness (QED) is 0.598. The number of amides is 2. The summed E-state index contributed by atoms with van der Waals surface area (Å²) in [7, 11) is 1.60. The van der Waals surface area contributed by atoms with E-state index in [0.717, 1.165) is 44.2 Å². The van der Waals surface area contributed by atoms with Crippen molar-refractivity contribution in [2.45, 2.75) is 45.6 Å². The molecule has 2 fully saturated rings. The Morgan fingerprint density at radius 3 is 2.61 bits per heavy atom. The molecule has 1 aromatic carbocycles. The van der Waals surface area contributed by atoms with Crippen molar-refractivity contribution in [3.63, 3.8) is 0 Å². The second-order valence-electron chi connectivity index (χ2n) is 8.78. The minimum absolute atomic E-state index is 0.00894. The van der Waals surface area contributed by atoms with Crippen molar-refractivity contribution in [1.29, 1.82) is 0 Å².